The van der Waals surface area contributed by atoms with Gasteiger partial charge in [-0.3, -0.25) is 0 Å². The van der Waals surface area contributed by atoms with Crippen LogP contribution < -0.4 is 0 Å². The molecule has 2 atom stereocenters. The third-order valence-corrected chi connectivity index (χ3v) is 20.1. The van der Waals surface area contributed by atoms with Gasteiger partial charge in [0, 0.05) is 0 Å². The zero-order chi connectivity index (χ0) is 11.2. The van der Waals surface area contributed by atoms with Gasteiger partial charge in [0.15, 0.2) is 0 Å². The van der Waals surface area contributed by atoms with Crippen molar-refractivity contribution in [3.05, 3.63) is 0 Å². The Kier molecular flexibility index (Phi) is 3.19. The molecule has 84 valence electrons. The van der Waals surface area contributed by atoms with E-state index in [0.717, 1.165) is 5.92 Å². The molecule has 1 saturated heterocycles. The molecular weight excluding hydrogens is 229 g/mol. The average molecular weight is 257 g/mol. The molecule has 2 unspecified atom stereocenters. The molecule has 0 aromatic rings. The Labute approximate surface area is 93.2 Å². The van der Waals surface area contributed by atoms with Crippen LogP contribution in [0.2, 0.25) is 20.5 Å². The fourth-order valence-electron chi connectivity index (χ4n) is 3.22. The molecule has 0 spiro atoms. The molecule has 0 nitrogen and oxygen atoms in total. The molecule has 0 N–H and O–H groups in total. The van der Waals surface area contributed by atoms with Crippen LogP contribution in [0, 0.1) is 11.3 Å². The summed E-state index contributed by atoms with van der Waals surface area (Å²) in [5.74, 6) is 3.58. The number of hydrogen-bond acceptors (Lipinski definition) is 0. The van der Waals surface area contributed by atoms with E-state index in [1.165, 1.54) is 11.7 Å². The molecular formula is C13H28Ge. The summed E-state index contributed by atoms with van der Waals surface area (Å²) in [6, 6.07) is 0. The Morgan fingerprint density at radius 3 is 2.14 bits per heavy atom. The van der Waals surface area contributed by atoms with Crippen LogP contribution in [0.3, 0.4) is 0 Å². The monoisotopic (exact) mass is 258 g/mol. The van der Waals surface area contributed by atoms with Gasteiger partial charge in [0.05, 0.1) is 0 Å². The van der Waals surface area contributed by atoms with E-state index >= 15 is 0 Å². The first-order valence-electron chi connectivity index (χ1n) is 6.19. The molecule has 0 amide bonds. The van der Waals surface area contributed by atoms with Crippen molar-refractivity contribution in [2.45, 2.75) is 68.5 Å². The van der Waals surface area contributed by atoms with Gasteiger partial charge in [-0.1, -0.05) is 0 Å². The maximum absolute atomic E-state index is 2.67. The molecule has 1 heteroatoms. The van der Waals surface area contributed by atoms with Gasteiger partial charge in [-0.05, 0) is 0 Å². The van der Waals surface area contributed by atoms with Crippen molar-refractivity contribution in [2.75, 3.05) is 0 Å². The minimum atomic E-state index is -1.56. The average Bonchev–Trinajstić information content (AvgIpc) is 2.10. The van der Waals surface area contributed by atoms with Gasteiger partial charge in [-0.15, -0.1) is 0 Å². The maximum atomic E-state index is 2.67. The molecule has 0 saturated carbocycles. The van der Waals surface area contributed by atoms with E-state index in [0.29, 0.717) is 9.66 Å². The molecule has 0 radical (unpaired) electrons. The molecule has 1 rings (SSSR count). The summed E-state index contributed by atoms with van der Waals surface area (Å²) in [7, 11) is 0. The molecule has 1 fully saturated rings. The van der Waals surface area contributed by atoms with Gasteiger partial charge in [0.25, 0.3) is 0 Å². The van der Waals surface area contributed by atoms with E-state index in [2.05, 4.69) is 47.3 Å². The van der Waals surface area contributed by atoms with Gasteiger partial charge in [-0.25, -0.2) is 0 Å². The Morgan fingerprint density at radius 2 is 1.71 bits per heavy atom. The molecule has 0 bridgehead atoms. The van der Waals surface area contributed by atoms with Crippen LogP contribution in [0.25, 0.3) is 0 Å². The standard InChI is InChI=1S/C13H28Ge/c1-8-14(7)10-9-11(2)12(3,4)13(14,5)6/h11H,8-10H2,1-7H3. The van der Waals surface area contributed by atoms with Gasteiger partial charge in [0.1, 0.15) is 0 Å². The number of rotatable bonds is 1. The zero-order valence-electron chi connectivity index (χ0n) is 11.2. The molecule has 1 heterocycles. The second-order valence-electron chi connectivity index (χ2n) is 6.70. The predicted octanol–water partition coefficient (Wildman–Crippen LogP) is 4.93. The van der Waals surface area contributed by atoms with E-state index in [4.69, 9.17) is 0 Å². The SMILES string of the molecule is C[CH2][Ge]1([CH3])[CH2]CC(C)C(C)(C)[C]1(C)C. The summed E-state index contributed by atoms with van der Waals surface area (Å²) in [5, 5.41) is 3.09. The summed E-state index contributed by atoms with van der Waals surface area (Å²) in [4.78, 5) is 0. The van der Waals surface area contributed by atoms with Gasteiger partial charge >= 0.3 is 93.1 Å². The Morgan fingerprint density at radius 1 is 1.21 bits per heavy atom. The van der Waals surface area contributed by atoms with Crippen molar-refractivity contribution in [2.24, 2.45) is 11.3 Å². The van der Waals surface area contributed by atoms with Crippen LogP contribution in [0.4, 0.5) is 0 Å². The van der Waals surface area contributed by atoms with Crippen LogP contribution in [0.1, 0.15) is 48.0 Å². The first-order chi connectivity index (χ1) is 6.19. The van der Waals surface area contributed by atoms with Crippen molar-refractivity contribution in [1.29, 1.82) is 0 Å². The second kappa shape index (κ2) is 3.54. The van der Waals surface area contributed by atoms with Crippen LogP contribution in [-0.2, 0) is 0 Å². The van der Waals surface area contributed by atoms with Crippen molar-refractivity contribution in [1.82, 2.24) is 0 Å². The summed E-state index contributed by atoms with van der Waals surface area (Å²) >= 11 is -1.56. The minimum absolute atomic E-state index is 0.552. The fraction of sp³-hybridized carbons (Fsp3) is 1.00. The second-order valence-corrected chi connectivity index (χ2v) is 18.4. The Balaban J connectivity index is 3.09. The topological polar surface area (TPSA) is 0 Å². The molecule has 1 aliphatic heterocycles. The predicted molar refractivity (Wildman–Crippen MR) is 68.5 cm³/mol. The Bertz CT molecular complexity index is 211. The van der Waals surface area contributed by atoms with Gasteiger partial charge in [-0.2, -0.15) is 0 Å². The van der Waals surface area contributed by atoms with Crippen molar-refractivity contribution in [3.63, 3.8) is 0 Å². The van der Waals surface area contributed by atoms with Crippen molar-refractivity contribution in [3.8, 4) is 0 Å². The molecule has 0 aliphatic carbocycles. The summed E-state index contributed by atoms with van der Waals surface area (Å²) in [6.07, 6.45) is 1.49. The van der Waals surface area contributed by atoms with E-state index in [1.807, 2.05) is 0 Å². The molecule has 0 aromatic heterocycles. The molecule has 0 aromatic carbocycles. The first-order valence-corrected chi connectivity index (χ1v) is 12.3. The van der Waals surface area contributed by atoms with Crippen molar-refractivity contribution >= 4 is 13.3 Å². The van der Waals surface area contributed by atoms with Crippen LogP contribution in [-0.4, -0.2) is 13.3 Å². The van der Waals surface area contributed by atoms with E-state index in [9.17, 15) is 0 Å². The molecule has 1 aliphatic rings. The first kappa shape index (κ1) is 12.6. The van der Waals surface area contributed by atoms with Crippen LogP contribution in [0.15, 0.2) is 0 Å². The summed E-state index contributed by atoms with van der Waals surface area (Å²) in [6.45, 7) is 15.0. The van der Waals surface area contributed by atoms with Gasteiger partial charge < -0.3 is 0 Å². The van der Waals surface area contributed by atoms with Crippen LogP contribution >= 0.6 is 0 Å². The third kappa shape index (κ3) is 1.49. The van der Waals surface area contributed by atoms with E-state index < -0.39 is 13.3 Å². The molecule has 14 heavy (non-hydrogen) atoms. The van der Waals surface area contributed by atoms with E-state index in [-0.39, 0.29) is 0 Å². The summed E-state index contributed by atoms with van der Waals surface area (Å²) in [5.41, 5.74) is 0.552. The summed E-state index contributed by atoms with van der Waals surface area (Å²) < 4.78 is 0.638. The van der Waals surface area contributed by atoms with E-state index in [1.54, 1.807) is 5.25 Å². The number of hydrogen-bond donors (Lipinski definition) is 0. The zero-order valence-corrected chi connectivity index (χ0v) is 13.3. The normalized spacial score (nSPS) is 40.9. The van der Waals surface area contributed by atoms with Crippen molar-refractivity contribution < 1.29 is 0 Å². The fourth-order valence-corrected chi connectivity index (χ4v) is 13.2. The van der Waals surface area contributed by atoms with Crippen LogP contribution in [0.5, 0.6) is 0 Å². The Hall–Kier alpha value is 0.543. The third-order valence-electron chi connectivity index (χ3n) is 6.26. The van der Waals surface area contributed by atoms with Gasteiger partial charge in [0.2, 0.25) is 0 Å². The quantitative estimate of drug-likeness (QED) is 0.584.